The molecule has 2 heterocycles. The number of nitrogens with zero attached hydrogens (tertiary/aromatic N) is 2. The van der Waals surface area contributed by atoms with Gasteiger partial charge in [-0.25, -0.2) is 4.98 Å². The number of ether oxygens (including phenoxy) is 1. The molecule has 2 aromatic heterocycles. The smallest absolute Gasteiger partial charge is 0.276 e. The molecule has 0 spiro atoms. The SMILES string of the molecule is CC[C@H](C)NC(=O)CSc1nc2ccsc2c(=O)n1-c1ccccc1OC. The van der Waals surface area contributed by atoms with E-state index in [4.69, 9.17) is 4.74 Å². The number of para-hydroxylation sites is 2. The number of hydrogen-bond acceptors (Lipinski definition) is 6. The van der Waals surface area contributed by atoms with E-state index in [0.717, 1.165) is 6.42 Å². The van der Waals surface area contributed by atoms with Gasteiger partial charge in [-0.15, -0.1) is 11.3 Å². The summed E-state index contributed by atoms with van der Waals surface area (Å²) in [7, 11) is 1.56. The fourth-order valence-corrected chi connectivity index (χ4v) is 4.14. The van der Waals surface area contributed by atoms with Crippen LogP contribution in [-0.2, 0) is 4.79 Å². The van der Waals surface area contributed by atoms with Gasteiger partial charge in [-0.2, -0.15) is 0 Å². The van der Waals surface area contributed by atoms with Crippen LogP contribution in [0.1, 0.15) is 20.3 Å². The van der Waals surface area contributed by atoms with Crippen molar-refractivity contribution in [3.63, 3.8) is 0 Å². The third kappa shape index (κ3) is 4.17. The number of thiophene rings is 1. The number of carbonyl (C=O) groups is 1. The zero-order valence-corrected chi connectivity index (χ0v) is 17.0. The van der Waals surface area contributed by atoms with Gasteiger partial charge >= 0.3 is 0 Å². The van der Waals surface area contributed by atoms with Crippen molar-refractivity contribution < 1.29 is 9.53 Å². The van der Waals surface area contributed by atoms with Crippen molar-refractivity contribution in [1.82, 2.24) is 14.9 Å². The summed E-state index contributed by atoms with van der Waals surface area (Å²) in [5.74, 6) is 0.672. The van der Waals surface area contributed by atoms with Crippen LogP contribution in [0.15, 0.2) is 45.7 Å². The molecule has 3 aromatic rings. The van der Waals surface area contributed by atoms with Gasteiger partial charge in [0.2, 0.25) is 5.91 Å². The number of aromatic nitrogens is 2. The lowest BCUT2D eigenvalue weighted by molar-refractivity contribution is -0.119. The first-order valence-corrected chi connectivity index (χ1v) is 10.5. The summed E-state index contributed by atoms with van der Waals surface area (Å²) >= 11 is 2.60. The second kappa shape index (κ2) is 8.58. The lowest BCUT2D eigenvalue weighted by Crippen LogP contribution is -2.33. The van der Waals surface area contributed by atoms with Crippen LogP contribution < -0.4 is 15.6 Å². The summed E-state index contributed by atoms with van der Waals surface area (Å²) in [5, 5.41) is 5.24. The van der Waals surface area contributed by atoms with Crippen LogP contribution >= 0.6 is 23.1 Å². The van der Waals surface area contributed by atoms with Crippen molar-refractivity contribution in [3.8, 4) is 11.4 Å². The van der Waals surface area contributed by atoms with E-state index in [-0.39, 0.29) is 23.3 Å². The first kappa shape index (κ1) is 19.4. The molecule has 1 N–H and O–H groups in total. The monoisotopic (exact) mass is 403 g/mol. The van der Waals surface area contributed by atoms with Crippen molar-refractivity contribution in [2.45, 2.75) is 31.5 Å². The van der Waals surface area contributed by atoms with Crippen LogP contribution in [0, 0.1) is 0 Å². The predicted octanol–water partition coefficient (Wildman–Crippen LogP) is 3.46. The third-order valence-corrected chi connectivity index (χ3v) is 5.96. The quantitative estimate of drug-likeness (QED) is 0.483. The van der Waals surface area contributed by atoms with E-state index in [1.54, 1.807) is 13.2 Å². The number of carbonyl (C=O) groups excluding carboxylic acids is 1. The van der Waals surface area contributed by atoms with E-state index in [1.807, 2.05) is 43.5 Å². The Morgan fingerprint density at radius 1 is 1.37 bits per heavy atom. The molecule has 1 atom stereocenters. The highest BCUT2D eigenvalue weighted by Gasteiger charge is 2.18. The van der Waals surface area contributed by atoms with Crippen LogP contribution in [-0.4, -0.2) is 34.4 Å². The van der Waals surface area contributed by atoms with Crippen molar-refractivity contribution in [2.75, 3.05) is 12.9 Å². The van der Waals surface area contributed by atoms with Crippen LogP contribution in [0.25, 0.3) is 15.9 Å². The minimum atomic E-state index is -0.163. The lowest BCUT2D eigenvalue weighted by atomic mass is 10.3. The minimum absolute atomic E-state index is 0.0828. The highest BCUT2D eigenvalue weighted by Crippen LogP contribution is 2.28. The van der Waals surface area contributed by atoms with Gasteiger partial charge in [0.25, 0.3) is 5.56 Å². The van der Waals surface area contributed by atoms with Gasteiger partial charge in [-0.05, 0) is 36.9 Å². The van der Waals surface area contributed by atoms with Crippen molar-refractivity contribution in [2.24, 2.45) is 0 Å². The topological polar surface area (TPSA) is 73.2 Å². The van der Waals surface area contributed by atoms with Gasteiger partial charge in [-0.1, -0.05) is 30.8 Å². The minimum Gasteiger partial charge on any atom is -0.495 e. The maximum atomic E-state index is 13.1. The Bertz CT molecular complexity index is 1010. The molecule has 1 aromatic carbocycles. The zero-order valence-electron chi connectivity index (χ0n) is 15.4. The van der Waals surface area contributed by atoms with E-state index in [9.17, 15) is 9.59 Å². The molecule has 27 heavy (non-hydrogen) atoms. The number of nitrogens with one attached hydrogen (secondary N) is 1. The summed E-state index contributed by atoms with van der Waals surface area (Å²) in [4.78, 5) is 29.9. The highest BCUT2D eigenvalue weighted by molar-refractivity contribution is 7.99. The first-order valence-electron chi connectivity index (χ1n) is 8.61. The van der Waals surface area contributed by atoms with Crippen LogP contribution in [0.3, 0.4) is 0 Å². The predicted molar refractivity (Wildman–Crippen MR) is 110 cm³/mol. The Morgan fingerprint density at radius 2 is 2.15 bits per heavy atom. The summed E-state index contributed by atoms with van der Waals surface area (Å²) in [5.41, 5.74) is 1.09. The molecule has 142 valence electrons. The Morgan fingerprint density at radius 3 is 2.89 bits per heavy atom. The van der Waals surface area contributed by atoms with Crippen molar-refractivity contribution in [3.05, 3.63) is 46.1 Å². The van der Waals surface area contributed by atoms with Crippen molar-refractivity contribution >= 4 is 39.2 Å². The van der Waals surface area contributed by atoms with Gasteiger partial charge in [0, 0.05) is 6.04 Å². The Hall–Kier alpha value is -2.32. The summed E-state index contributed by atoms with van der Waals surface area (Å²) in [6.45, 7) is 3.98. The van der Waals surface area contributed by atoms with E-state index < -0.39 is 0 Å². The Kier molecular flexibility index (Phi) is 6.18. The molecule has 0 saturated carbocycles. The van der Waals surface area contributed by atoms with E-state index in [0.29, 0.717) is 26.8 Å². The first-order chi connectivity index (χ1) is 13.0. The number of fused-ring (bicyclic) bond motifs is 1. The molecule has 3 rings (SSSR count). The number of hydrogen-bond donors (Lipinski definition) is 1. The van der Waals surface area contributed by atoms with Crippen molar-refractivity contribution in [1.29, 1.82) is 0 Å². The molecular formula is C19H21N3O3S2. The number of methoxy groups -OCH3 is 1. The second-order valence-electron chi connectivity index (χ2n) is 6.01. The molecule has 6 nitrogen and oxygen atoms in total. The maximum absolute atomic E-state index is 13.1. The van der Waals surface area contributed by atoms with Crippen LogP contribution in [0.5, 0.6) is 5.75 Å². The number of rotatable bonds is 7. The number of benzene rings is 1. The Balaban J connectivity index is 2.03. The Labute approximate surface area is 165 Å². The van der Waals surface area contributed by atoms with Gasteiger partial charge in [0.1, 0.15) is 10.4 Å². The number of amides is 1. The average molecular weight is 404 g/mol. The molecular weight excluding hydrogens is 382 g/mol. The molecule has 8 heteroatoms. The lowest BCUT2D eigenvalue weighted by Gasteiger charge is -2.15. The molecule has 0 aliphatic heterocycles. The molecule has 1 amide bonds. The molecule has 0 bridgehead atoms. The largest absolute Gasteiger partial charge is 0.495 e. The van der Waals surface area contributed by atoms with Crippen LogP contribution in [0.4, 0.5) is 0 Å². The van der Waals surface area contributed by atoms with Gasteiger partial charge in [-0.3, -0.25) is 14.2 Å². The van der Waals surface area contributed by atoms with E-state index in [1.165, 1.54) is 27.7 Å². The van der Waals surface area contributed by atoms with Gasteiger partial charge in [0.05, 0.1) is 24.1 Å². The fraction of sp³-hybridized carbons (Fsp3) is 0.316. The standard InChI is InChI=1S/C19H21N3O3S2/c1-4-12(2)20-16(23)11-27-19-21-13-9-10-26-17(13)18(24)22(19)14-7-5-6-8-15(14)25-3/h5-10,12H,4,11H2,1-3H3,(H,20,23)/t12-/m0/s1. The summed E-state index contributed by atoms with van der Waals surface area (Å²) < 4.78 is 7.53. The van der Waals surface area contributed by atoms with Gasteiger partial charge < -0.3 is 10.1 Å². The van der Waals surface area contributed by atoms with E-state index in [2.05, 4.69) is 10.3 Å². The number of thioether (sulfide) groups is 1. The van der Waals surface area contributed by atoms with Crippen LogP contribution in [0.2, 0.25) is 0 Å². The molecule has 0 saturated heterocycles. The third-order valence-electron chi connectivity index (χ3n) is 4.13. The maximum Gasteiger partial charge on any atom is 0.276 e. The zero-order chi connectivity index (χ0) is 19.4. The molecule has 0 unspecified atom stereocenters. The van der Waals surface area contributed by atoms with E-state index >= 15 is 0 Å². The molecule has 0 aliphatic carbocycles. The second-order valence-corrected chi connectivity index (χ2v) is 7.87. The van der Waals surface area contributed by atoms with Gasteiger partial charge in [0.15, 0.2) is 5.16 Å². The molecule has 0 fully saturated rings. The average Bonchev–Trinajstić information content (AvgIpc) is 3.15. The summed E-state index contributed by atoms with van der Waals surface area (Å²) in [6.07, 6.45) is 0.863. The summed E-state index contributed by atoms with van der Waals surface area (Å²) in [6, 6.07) is 9.22. The highest BCUT2D eigenvalue weighted by atomic mass is 32.2. The molecule has 0 radical (unpaired) electrons. The fourth-order valence-electron chi connectivity index (χ4n) is 2.56. The molecule has 0 aliphatic rings. The normalized spacial score (nSPS) is 12.1.